The van der Waals surface area contributed by atoms with Gasteiger partial charge >= 0.3 is 5.97 Å². The molecule has 1 saturated heterocycles. The summed E-state index contributed by atoms with van der Waals surface area (Å²) in [6.45, 7) is 0.754. The largest absolute Gasteiger partial charge is 0.480 e. The van der Waals surface area contributed by atoms with Gasteiger partial charge in [0.1, 0.15) is 6.04 Å². The molecule has 1 fully saturated rings. The van der Waals surface area contributed by atoms with Crippen LogP contribution in [0.1, 0.15) is 17.9 Å². The molecule has 15 heavy (non-hydrogen) atoms. The average molecular weight is 226 g/mol. The number of carbonyl (C=O) groups is 1. The van der Waals surface area contributed by atoms with Crippen LogP contribution in [0.2, 0.25) is 5.02 Å². The van der Waals surface area contributed by atoms with Crippen LogP contribution >= 0.6 is 11.6 Å². The molecule has 4 heteroatoms. The number of hydrogen-bond acceptors (Lipinski definition) is 2. The number of benzene rings is 1. The lowest BCUT2D eigenvalue weighted by atomic mass is 9.92. The molecule has 2 rings (SSSR count). The maximum atomic E-state index is 11.0. The highest BCUT2D eigenvalue weighted by molar-refractivity contribution is 6.30. The molecule has 0 aromatic heterocycles. The summed E-state index contributed by atoms with van der Waals surface area (Å²) in [7, 11) is 0. The van der Waals surface area contributed by atoms with Crippen molar-refractivity contribution in [3.8, 4) is 0 Å². The molecule has 2 atom stereocenters. The predicted molar refractivity (Wildman–Crippen MR) is 58.2 cm³/mol. The molecule has 0 unspecified atom stereocenters. The topological polar surface area (TPSA) is 49.3 Å². The molecule has 0 bridgehead atoms. The Morgan fingerprint density at radius 3 is 2.67 bits per heavy atom. The monoisotopic (exact) mass is 225 g/mol. The lowest BCUT2D eigenvalue weighted by Gasteiger charge is -2.15. The second-order valence-electron chi connectivity index (χ2n) is 3.72. The Labute approximate surface area is 93.1 Å². The average Bonchev–Trinajstić information content (AvgIpc) is 2.67. The second-order valence-corrected chi connectivity index (χ2v) is 4.15. The van der Waals surface area contributed by atoms with Crippen LogP contribution in [0, 0.1) is 0 Å². The molecule has 0 radical (unpaired) electrons. The zero-order valence-corrected chi connectivity index (χ0v) is 8.87. The summed E-state index contributed by atoms with van der Waals surface area (Å²) in [6.07, 6.45) is 0.860. The Hall–Kier alpha value is -1.06. The van der Waals surface area contributed by atoms with Crippen molar-refractivity contribution in [1.29, 1.82) is 0 Å². The van der Waals surface area contributed by atoms with Crippen LogP contribution in [0.25, 0.3) is 0 Å². The molecular weight excluding hydrogens is 214 g/mol. The molecule has 1 heterocycles. The minimum absolute atomic E-state index is 0.0553. The van der Waals surface area contributed by atoms with Gasteiger partial charge in [-0.2, -0.15) is 0 Å². The lowest BCUT2D eigenvalue weighted by molar-refractivity contribution is -0.139. The van der Waals surface area contributed by atoms with Crippen LogP contribution in [0.5, 0.6) is 0 Å². The van der Waals surface area contributed by atoms with Crippen molar-refractivity contribution in [2.45, 2.75) is 18.4 Å². The van der Waals surface area contributed by atoms with E-state index in [4.69, 9.17) is 16.7 Å². The van der Waals surface area contributed by atoms with Gasteiger partial charge in [0.2, 0.25) is 0 Å². The summed E-state index contributed by atoms with van der Waals surface area (Å²) in [5, 5.41) is 12.7. The molecule has 0 saturated carbocycles. The number of halogens is 1. The van der Waals surface area contributed by atoms with Gasteiger partial charge in [-0.05, 0) is 30.7 Å². The Morgan fingerprint density at radius 2 is 2.07 bits per heavy atom. The van der Waals surface area contributed by atoms with Crippen molar-refractivity contribution >= 4 is 17.6 Å². The van der Waals surface area contributed by atoms with Gasteiger partial charge < -0.3 is 10.4 Å². The molecule has 0 amide bonds. The molecule has 3 nitrogen and oxygen atoms in total. The molecule has 1 aromatic carbocycles. The Morgan fingerprint density at radius 1 is 1.40 bits per heavy atom. The van der Waals surface area contributed by atoms with E-state index < -0.39 is 12.0 Å². The quantitative estimate of drug-likeness (QED) is 0.808. The normalized spacial score (nSPS) is 25.4. The Balaban J connectivity index is 2.22. The second kappa shape index (κ2) is 4.21. The van der Waals surface area contributed by atoms with Crippen LogP contribution in [0.3, 0.4) is 0 Å². The van der Waals surface area contributed by atoms with Gasteiger partial charge in [0.25, 0.3) is 0 Å². The summed E-state index contributed by atoms with van der Waals surface area (Å²) < 4.78 is 0. The standard InChI is InChI=1S/C11H12ClNO2/c12-8-3-1-7(2-4-8)9-5-6-13-10(9)11(14)15/h1-4,9-10,13H,5-6H2,(H,14,15)/t9-,10-/m1/s1. The zero-order valence-electron chi connectivity index (χ0n) is 8.11. The van der Waals surface area contributed by atoms with E-state index in [9.17, 15) is 4.79 Å². The first kappa shape index (κ1) is 10.5. The van der Waals surface area contributed by atoms with E-state index in [0.29, 0.717) is 5.02 Å². The summed E-state index contributed by atoms with van der Waals surface area (Å²) in [5.74, 6) is -0.729. The molecule has 1 aliphatic rings. The summed E-state index contributed by atoms with van der Waals surface area (Å²) in [4.78, 5) is 11.0. The number of carboxylic acids is 1. The van der Waals surface area contributed by atoms with Gasteiger partial charge in [-0.25, -0.2) is 0 Å². The predicted octanol–water partition coefficient (Wildman–Crippen LogP) is 1.87. The molecule has 80 valence electrons. The Bertz CT molecular complexity index is 363. The van der Waals surface area contributed by atoms with Crippen LogP contribution < -0.4 is 5.32 Å². The van der Waals surface area contributed by atoms with Crippen LogP contribution in [-0.2, 0) is 4.79 Å². The van der Waals surface area contributed by atoms with E-state index in [1.807, 2.05) is 12.1 Å². The van der Waals surface area contributed by atoms with Gasteiger partial charge in [-0.1, -0.05) is 23.7 Å². The van der Waals surface area contributed by atoms with Crippen molar-refractivity contribution in [3.05, 3.63) is 34.9 Å². The van der Waals surface area contributed by atoms with Crippen LogP contribution in [0.4, 0.5) is 0 Å². The van der Waals surface area contributed by atoms with Crippen LogP contribution in [0.15, 0.2) is 24.3 Å². The van der Waals surface area contributed by atoms with Crippen molar-refractivity contribution in [3.63, 3.8) is 0 Å². The highest BCUT2D eigenvalue weighted by Crippen LogP contribution is 2.28. The molecule has 2 N–H and O–H groups in total. The van der Waals surface area contributed by atoms with Gasteiger partial charge in [0, 0.05) is 10.9 Å². The van der Waals surface area contributed by atoms with Crippen molar-refractivity contribution in [2.75, 3.05) is 6.54 Å². The fourth-order valence-electron chi connectivity index (χ4n) is 2.03. The molecule has 0 spiro atoms. The SMILES string of the molecule is O=C(O)[C@@H]1NCC[C@@H]1c1ccc(Cl)cc1. The zero-order chi connectivity index (χ0) is 10.8. The van der Waals surface area contributed by atoms with Gasteiger partial charge in [-0.15, -0.1) is 0 Å². The summed E-state index contributed by atoms with van der Waals surface area (Å²) >= 11 is 5.79. The maximum Gasteiger partial charge on any atom is 0.321 e. The smallest absolute Gasteiger partial charge is 0.321 e. The molecule has 1 aromatic rings. The number of rotatable bonds is 2. The fraction of sp³-hybridized carbons (Fsp3) is 0.364. The lowest BCUT2D eigenvalue weighted by Crippen LogP contribution is -2.34. The van der Waals surface area contributed by atoms with Gasteiger partial charge in [-0.3, -0.25) is 4.79 Å². The number of hydrogen-bond donors (Lipinski definition) is 2. The van der Waals surface area contributed by atoms with E-state index in [1.165, 1.54) is 0 Å². The minimum Gasteiger partial charge on any atom is -0.480 e. The van der Waals surface area contributed by atoms with E-state index in [1.54, 1.807) is 12.1 Å². The van der Waals surface area contributed by atoms with E-state index >= 15 is 0 Å². The third-order valence-corrected chi connectivity index (χ3v) is 3.04. The third-order valence-electron chi connectivity index (χ3n) is 2.79. The number of aliphatic carboxylic acids is 1. The van der Waals surface area contributed by atoms with Gasteiger partial charge in [0.05, 0.1) is 0 Å². The highest BCUT2D eigenvalue weighted by atomic mass is 35.5. The van der Waals surface area contributed by atoms with E-state index in [2.05, 4.69) is 5.32 Å². The third kappa shape index (κ3) is 2.13. The van der Waals surface area contributed by atoms with Crippen molar-refractivity contribution < 1.29 is 9.90 Å². The summed E-state index contributed by atoms with van der Waals surface area (Å²) in [5.41, 5.74) is 1.04. The molecular formula is C11H12ClNO2. The van der Waals surface area contributed by atoms with Gasteiger partial charge in [0.15, 0.2) is 0 Å². The Kier molecular flexibility index (Phi) is 2.93. The number of nitrogens with one attached hydrogen (secondary N) is 1. The van der Waals surface area contributed by atoms with Crippen molar-refractivity contribution in [1.82, 2.24) is 5.32 Å². The van der Waals surface area contributed by atoms with Crippen molar-refractivity contribution in [2.24, 2.45) is 0 Å². The minimum atomic E-state index is -0.785. The van der Waals surface area contributed by atoms with Crippen LogP contribution in [-0.4, -0.2) is 23.7 Å². The first-order valence-electron chi connectivity index (χ1n) is 4.90. The van der Waals surface area contributed by atoms with E-state index in [-0.39, 0.29) is 5.92 Å². The fourth-order valence-corrected chi connectivity index (χ4v) is 2.16. The molecule has 0 aliphatic carbocycles. The first-order valence-corrected chi connectivity index (χ1v) is 5.28. The number of carboxylic acid groups (broad SMARTS) is 1. The first-order chi connectivity index (χ1) is 7.18. The molecule has 1 aliphatic heterocycles. The summed E-state index contributed by atoms with van der Waals surface area (Å²) in [6, 6.07) is 6.93. The highest BCUT2D eigenvalue weighted by Gasteiger charge is 2.33. The van der Waals surface area contributed by atoms with E-state index in [0.717, 1.165) is 18.5 Å². The maximum absolute atomic E-state index is 11.0.